The molecule has 4 aromatic rings. The normalized spacial score (nSPS) is 12.0. The van der Waals surface area contributed by atoms with Crippen molar-refractivity contribution in [3.63, 3.8) is 0 Å². The number of nitrogens with zero attached hydrogens (tertiary/aromatic N) is 5. The van der Waals surface area contributed by atoms with E-state index in [0.717, 1.165) is 12.1 Å². The molecule has 0 aliphatic carbocycles. The molecule has 3 aromatic heterocycles. The van der Waals surface area contributed by atoms with Crippen LogP contribution in [-0.4, -0.2) is 30.6 Å². The molecular formula is C23H24FN7O. The van der Waals surface area contributed by atoms with Gasteiger partial charge in [0.2, 0.25) is 11.6 Å². The van der Waals surface area contributed by atoms with E-state index < -0.39 is 6.04 Å². The average molecular weight is 433 g/mol. The SMILES string of the molecule is CCn1cc2ncc(N[C@@H](C)c3cc(NC(=O)Cc4ccc(C)cn4)ccc3F)nc2n1. The van der Waals surface area contributed by atoms with E-state index in [9.17, 15) is 9.18 Å². The van der Waals surface area contributed by atoms with Crippen LogP contribution >= 0.6 is 0 Å². The van der Waals surface area contributed by atoms with Gasteiger partial charge in [-0.3, -0.25) is 14.5 Å². The van der Waals surface area contributed by atoms with Crippen LogP contribution in [0.4, 0.5) is 15.9 Å². The van der Waals surface area contributed by atoms with Gasteiger partial charge in [-0.15, -0.1) is 0 Å². The lowest BCUT2D eigenvalue weighted by atomic mass is 10.1. The van der Waals surface area contributed by atoms with Crippen LogP contribution in [0.25, 0.3) is 11.2 Å². The Bertz CT molecular complexity index is 1250. The number of hydrogen-bond donors (Lipinski definition) is 2. The summed E-state index contributed by atoms with van der Waals surface area (Å²) in [6, 6.07) is 7.81. The minimum Gasteiger partial charge on any atom is -0.362 e. The number of aryl methyl sites for hydroxylation is 2. The number of aromatic nitrogens is 5. The number of fused-ring (bicyclic) bond motifs is 1. The van der Waals surface area contributed by atoms with Gasteiger partial charge >= 0.3 is 0 Å². The third-order valence-corrected chi connectivity index (χ3v) is 5.02. The average Bonchev–Trinajstić information content (AvgIpc) is 3.19. The van der Waals surface area contributed by atoms with E-state index >= 15 is 0 Å². The largest absolute Gasteiger partial charge is 0.362 e. The minimum atomic E-state index is -0.411. The lowest BCUT2D eigenvalue weighted by Crippen LogP contribution is -2.16. The standard InChI is InChI=1S/C23H24FN7O/c1-4-31-13-20-23(30-31)29-21(12-26-20)27-15(3)18-9-17(7-8-19(18)24)28-22(32)10-16-6-5-14(2)11-25-16/h5-9,11-13,15H,4,10H2,1-3H3,(H,28,32)(H,27,29,30)/t15-/m0/s1. The van der Waals surface area contributed by atoms with E-state index in [1.54, 1.807) is 23.1 Å². The van der Waals surface area contributed by atoms with E-state index in [1.165, 1.54) is 12.1 Å². The Hall–Kier alpha value is -3.88. The van der Waals surface area contributed by atoms with Crippen LogP contribution in [0.1, 0.15) is 36.7 Å². The molecule has 4 rings (SSSR count). The molecule has 0 saturated heterocycles. The number of rotatable bonds is 7. The lowest BCUT2D eigenvalue weighted by molar-refractivity contribution is -0.115. The predicted octanol–water partition coefficient (Wildman–Crippen LogP) is 4.04. The van der Waals surface area contributed by atoms with E-state index in [2.05, 4.69) is 30.7 Å². The topological polar surface area (TPSA) is 97.6 Å². The molecular weight excluding hydrogens is 409 g/mol. The second kappa shape index (κ2) is 9.09. The van der Waals surface area contributed by atoms with Crippen LogP contribution < -0.4 is 10.6 Å². The summed E-state index contributed by atoms with van der Waals surface area (Å²) >= 11 is 0. The number of benzene rings is 1. The highest BCUT2D eigenvalue weighted by molar-refractivity contribution is 5.92. The summed E-state index contributed by atoms with van der Waals surface area (Å²) in [5, 5.41) is 10.3. The Labute approximate surface area is 184 Å². The summed E-state index contributed by atoms with van der Waals surface area (Å²) in [4.78, 5) is 25.4. The van der Waals surface area contributed by atoms with Crippen LogP contribution in [0.2, 0.25) is 0 Å². The summed E-state index contributed by atoms with van der Waals surface area (Å²) in [5.41, 5.74) is 3.83. The summed E-state index contributed by atoms with van der Waals surface area (Å²) in [6.07, 6.45) is 5.28. The third kappa shape index (κ3) is 4.88. The zero-order chi connectivity index (χ0) is 22.7. The molecule has 2 N–H and O–H groups in total. The van der Waals surface area contributed by atoms with Gasteiger partial charge in [-0.1, -0.05) is 6.07 Å². The molecule has 164 valence electrons. The van der Waals surface area contributed by atoms with Crippen molar-refractivity contribution in [2.45, 2.75) is 39.8 Å². The predicted molar refractivity (Wildman–Crippen MR) is 121 cm³/mol. The van der Waals surface area contributed by atoms with Crippen LogP contribution in [0.5, 0.6) is 0 Å². The molecule has 0 radical (unpaired) electrons. The van der Waals surface area contributed by atoms with E-state index in [4.69, 9.17) is 0 Å². The molecule has 3 heterocycles. The van der Waals surface area contributed by atoms with Gasteiger partial charge in [-0.2, -0.15) is 5.10 Å². The zero-order valence-electron chi connectivity index (χ0n) is 18.1. The van der Waals surface area contributed by atoms with Crippen molar-refractivity contribution in [2.75, 3.05) is 10.6 Å². The maximum absolute atomic E-state index is 14.5. The van der Waals surface area contributed by atoms with Crippen molar-refractivity contribution in [3.05, 3.63) is 71.6 Å². The Morgan fingerprint density at radius 1 is 1.19 bits per heavy atom. The molecule has 0 spiro atoms. The van der Waals surface area contributed by atoms with Crippen molar-refractivity contribution in [1.29, 1.82) is 0 Å². The Kier molecular flexibility index (Phi) is 6.07. The number of carbonyl (C=O) groups is 1. The lowest BCUT2D eigenvalue weighted by Gasteiger charge is -2.17. The Morgan fingerprint density at radius 2 is 2.03 bits per heavy atom. The summed E-state index contributed by atoms with van der Waals surface area (Å²) in [6.45, 7) is 6.46. The molecule has 0 fully saturated rings. The fourth-order valence-corrected chi connectivity index (χ4v) is 3.30. The number of amides is 1. The Morgan fingerprint density at radius 3 is 2.78 bits per heavy atom. The second-order valence-electron chi connectivity index (χ2n) is 7.60. The van der Waals surface area contributed by atoms with Crippen molar-refractivity contribution in [3.8, 4) is 0 Å². The van der Waals surface area contributed by atoms with Crippen LogP contribution in [-0.2, 0) is 17.8 Å². The number of pyridine rings is 1. The molecule has 9 heteroatoms. The highest BCUT2D eigenvalue weighted by Gasteiger charge is 2.15. The van der Waals surface area contributed by atoms with Crippen molar-refractivity contribution >= 4 is 28.6 Å². The number of anilines is 2. The van der Waals surface area contributed by atoms with Gasteiger partial charge in [0.15, 0.2) is 0 Å². The fraction of sp³-hybridized carbons (Fsp3) is 0.261. The van der Waals surface area contributed by atoms with Gasteiger partial charge in [0.25, 0.3) is 0 Å². The van der Waals surface area contributed by atoms with Gasteiger partial charge in [-0.05, 0) is 50.6 Å². The van der Waals surface area contributed by atoms with E-state index in [1.807, 2.05) is 39.1 Å². The molecule has 1 aromatic carbocycles. The maximum Gasteiger partial charge on any atom is 0.230 e. The van der Waals surface area contributed by atoms with Crippen LogP contribution in [0.15, 0.2) is 48.9 Å². The van der Waals surface area contributed by atoms with Gasteiger partial charge < -0.3 is 10.6 Å². The summed E-state index contributed by atoms with van der Waals surface area (Å²) in [7, 11) is 0. The minimum absolute atomic E-state index is 0.140. The molecule has 32 heavy (non-hydrogen) atoms. The zero-order valence-corrected chi connectivity index (χ0v) is 18.1. The monoisotopic (exact) mass is 433 g/mol. The van der Waals surface area contributed by atoms with Crippen molar-refractivity contribution < 1.29 is 9.18 Å². The number of halogens is 1. The van der Waals surface area contributed by atoms with Gasteiger partial charge in [0.05, 0.1) is 24.9 Å². The van der Waals surface area contributed by atoms with Crippen molar-refractivity contribution in [1.82, 2.24) is 24.7 Å². The molecule has 0 aliphatic rings. The number of carbonyl (C=O) groups excluding carboxylic acids is 1. The second-order valence-corrected chi connectivity index (χ2v) is 7.60. The first-order valence-corrected chi connectivity index (χ1v) is 10.4. The van der Waals surface area contributed by atoms with Crippen LogP contribution in [0.3, 0.4) is 0 Å². The first kappa shape index (κ1) is 21.4. The first-order valence-electron chi connectivity index (χ1n) is 10.4. The smallest absolute Gasteiger partial charge is 0.230 e. The molecule has 0 bridgehead atoms. The molecule has 1 amide bonds. The summed E-state index contributed by atoms with van der Waals surface area (Å²) in [5.74, 6) is -0.111. The first-order chi connectivity index (χ1) is 15.4. The van der Waals surface area contributed by atoms with Gasteiger partial charge in [0, 0.05) is 29.7 Å². The molecule has 0 aliphatic heterocycles. The molecule has 0 saturated carbocycles. The highest BCUT2D eigenvalue weighted by Crippen LogP contribution is 2.24. The third-order valence-electron chi connectivity index (χ3n) is 5.02. The maximum atomic E-state index is 14.5. The quantitative estimate of drug-likeness (QED) is 0.456. The fourth-order valence-electron chi connectivity index (χ4n) is 3.30. The van der Waals surface area contributed by atoms with Crippen molar-refractivity contribution in [2.24, 2.45) is 0 Å². The molecule has 0 unspecified atom stereocenters. The summed E-state index contributed by atoms with van der Waals surface area (Å²) < 4.78 is 16.3. The van der Waals surface area contributed by atoms with Gasteiger partial charge in [-0.25, -0.2) is 14.4 Å². The number of hydrogen-bond acceptors (Lipinski definition) is 6. The van der Waals surface area contributed by atoms with E-state index in [0.29, 0.717) is 33.9 Å². The number of nitrogens with one attached hydrogen (secondary N) is 2. The highest BCUT2D eigenvalue weighted by atomic mass is 19.1. The van der Waals surface area contributed by atoms with Gasteiger partial charge in [0.1, 0.15) is 17.2 Å². The molecule has 1 atom stereocenters. The molecule has 8 nitrogen and oxygen atoms in total. The van der Waals surface area contributed by atoms with E-state index in [-0.39, 0.29) is 18.1 Å². The Balaban J connectivity index is 1.46. The van der Waals surface area contributed by atoms with Crippen LogP contribution in [0, 0.1) is 12.7 Å².